The number of nitrogens with one attached hydrogen (secondary N) is 1. The lowest BCUT2D eigenvalue weighted by atomic mass is 9.97. The average molecular weight is 311 g/mol. The standard InChI is InChI=1S/C14H25N5OS/c1-5-11(13(20)18(2)3)21-14-17-16-12(19(14)4)10-6-8-15-9-7-10/h10-11,15H,5-9H2,1-4H3/t11-/m0/s1. The summed E-state index contributed by atoms with van der Waals surface area (Å²) in [5.41, 5.74) is 0. The number of aromatic nitrogens is 3. The van der Waals surface area contributed by atoms with E-state index in [0.29, 0.717) is 5.92 Å². The van der Waals surface area contributed by atoms with E-state index in [9.17, 15) is 4.79 Å². The third-order valence-electron chi connectivity index (χ3n) is 3.91. The van der Waals surface area contributed by atoms with Gasteiger partial charge >= 0.3 is 0 Å². The lowest BCUT2D eigenvalue weighted by Crippen LogP contribution is -2.31. The van der Waals surface area contributed by atoms with Crippen molar-refractivity contribution in [2.45, 2.75) is 42.5 Å². The molecule has 0 aliphatic carbocycles. The van der Waals surface area contributed by atoms with Crippen LogP contribution in [0, 0.1) is 0 Å². The highest BCUT2D eigenvalue weighted by Crippen LogP contribution is 2.29. The number of hydrogen-bond acceptors (Lipinski definition) is 5. The topological polar surface area (TPSA) is 63.1 Å². The van der Waals surface area contributed by atoms with Crippen molar-refractivity contribution in [2.24, 2.45) is 7.05 Å². The smallest absolute Gasteiger partial charge is 0.235 e. The van der Waals surface area contributed by atoms with Crippen LogP contribution < -0.4 is 5.32 Å². The molecule has 6 nitrogen and oxygen atoms in total. The van der Waals surface area contributed by atoms with Crippen LogP contribution in [0.2, 0.25) is 0 Å². The summed E-state index contributed by atoms with van der Waals surface area (Å²) < 4.78 is 2.06. The van der Waals surface area contributed by atoms with E-state index < -0.39 is 0 Å². The fourth-order valence-corrected chi connectivity index (χ4v) is 3.66. The third-order valence-corrected chi connectivity index (χ3v) is 5.29. The normalized spacial score (nSPS) is 17.7. The quantitative estimate of drug-likeness (QED) is 0.829. The van der Waals surface area contributed by atoms with E-state index in [1.54, 1.807) is 19.0 Å². The molecule has 1 aromatic rings. The number of carbonyl (C=O) groups is 1. The van der Waals surface area contributed by atoms with E-state index in [4.69, 9.17) is 0 Å². The van der Waals surface area contributed by atoms with Crippen molar-refractivity contribution in [3.63, 3.8) is 0 Å². The summed E-state index contributed by atoms with van der Waals surface area (Å²) in [6, 6.07) is 0. The van der Waals surface area contributed by atoms with Crippen LogP contribution >= 0.6 is 11.8 Å². The van der Waals surface area contributed by atoms with Crippen molar-refractivity contribution < 1.29 is 4.79 Å². The summed E-state index contributed by atoms with van der Waals surface area (Å²) in [5, 5.41) is 12.8. The zero-order chi connectivity index (χ0) is 15.4. The van der Waals surface area contributed by atoms with Gasteiger partial charge in [-0.25, -0.2) is 0 Å². The van der Waals surface area contributed by atoms with Gasteiger partial charge in [0, 0.05) is 27.1 Å². The molecule has 7 heteroatoms. The van der Waals surface area contributed by atoms with Gasteiger partial charge in [-0.05, 0) is 32.4 Å². The lowest BCUT2D eigenvalue weighted by molar-refractivity contribution is -0.128. The molecule has 0 unspecified atom stereocenters. The van der Waals surface area contributed by atoms with Gasteiger partial charge in [0.1, 0.15) is 5.82 Å². The molecule has 21 heavy (non-hydrogen) atoms. The van der Waals surface area contributed by atoms with Gasteiger partial charge in [0.05, 0.1) is 5.25 Å². The van der Waals surface area contributed by atoms with E-state index in [2.05, 4.69) is 20.1 Å². The maximum atomic E-state index is 12.1. The monoisotopic (exact) mass is 311 g/mol. The maximum absolute atomic E-state index is 12.1. The Morgan fingerprint density at radius 2 is 2.10 bits per heavy atom. The van der Waals surface area contributed by atoms with Gasteiger partial charge in [-0.2, -0.15) is 0 Å². The van der Waals surface area contributed by atoms with Gasteiger partial charge in [-0.15, -0.1) is 10.2 Å². The van der Waals surface area contributed by atoms with Crippen LogP contribution in [-0.2, 0) is 11.8 Å². The van der Waals surface area contributed by atoms with E-state index in [1.165, 1.54) is 11.8 Å². The van der Waals surface area contributed by atoms with Crippen LogP contribution in [-0.4, -0.2) is 58.0 Å². The first-order chi connectivity index (χ1) is 10.0. The number of hydrogen-bond donors (Lipinski definition) is 1. The second kappa shape index (κ2) is 7.26. The van der Waals surface area contributed by atoms with Crippen molar-refractivity contribution in [2.75, 3.05) is 27.2 Å². The van der Waals surface area contributed by atoms with Gasteiger partial charge < -0.3 is 14.8 Å². The molecule has 1 aromatic heterocycles. The Labute approximate surface area is 130 Å². The number of piperidine rings is 1. The molecule has 1 aliphatic heterocycles. The molecule has 2 heterocycles. The van der Waals surface area contributed by atoms with Gasteiger partial charge in [0.2, 0.25) is 5.91 Å². The molecule has 0 spiro atoms. The van der Waals surface area contributed by atoms with Crippen LogP contribution in [0.25, 0.3) is 0 Å². The summed E-state index contributed by atoms with van der Waals surface area (Å²) in [5.74, 6) is 1.66. The molecule has 2 rings (SSSR count). The zero-order valence-electron chi connectivity index (χ0n) is 13.3. The first-order valence-corrected chi connectivity index (χ1v) is 8.40. The zero-order valence-corrected chi connectivity index (χ0v) is 14.1. The summed E-state index contributed by atoms with van der Waals surface area (Å²) in [6.07, 6.45) is 2.99. The highest BCUT2D eigenvalue weighted by atomic mass is 32.2. The van der Waals surface area contributed by atoms with E-state index in [1.807, 2.05) is 14.0 Å². The molecular formula is C14H25N5OS. The Bertz CT molecular complexity index is 482. The molecular weight excluding hydrogens is 286 g/mol. The van der Waals surface area contributed by atoms with Crippen LogP contribution in [0.4, 0.5) is 0 Å². The van der Waals surface area contributed by atoms with Crippen molar-refractivity contribution in [1.82, 2.24) is 25.0 Å². The molecule has 0 saturated carbocycles. The van der Waals surface area contributed by atoms with Gasteiger partial charge in [-0.1, -0.05) is 18.7 Å². The molecule has 1 saturated heterocycles. The van der Waals surface area contributed by atoms with E-state index >= 15 is 0 Å². The number of thioether (sulfide) groups is 1. The summed E-state index contributed by atoms with van der Waals surface area (Å²) in [6.45, 7) is 4.11. The number of rotatable bonds is 5. The minimum absolute atomic E-state index is 0.0937. The Morgan fingerprint density at radius 3 is 2.67 bits per heavy atom. The van der Waals surface area contributed by atoms with Crippen molar-refractivity contribution in [1.29, 1.82) is 0 Å². The Kier molecular flexibility index (Phi) is 5.64. The molecule has 118 valence electrons. The first-order valence-electron chi connectivity index (χ1n) is 7.52. The summed E-state index contributed by atoms with van der Waals surface area (Å²) in [4.78, 5) is 13.8. The second-order valence-corrected chi connectivity index (χ2v) is 6.84. The highest BCUT2D eigenvalue weighted by molar-refractivity contribution is 8.00. The van der Waals surface area contributed by atoms with Gasteiger partial charge in [0.15, 0.2) is 5.16 Å². The summed E-state index contributed by atoms with van der Waals surface area (Å²) in [7, 11) is 5.60. The molecule has 0 bridgehead atoms. The largest absolute Gasteiger partial charge is 0.348 e. The SMILES string of the molecule is CC[C@H](Sc1nnc(C2CCNCC2)n1C)C(=O)N(C)C. The number of nitrogens with zero attached hydrogens (tertiary/aromatic N) is 4. The second-order valence-electron chi connectivity index (χ2n) is 5.67. The fraction of sp³-hybridized carbons (Fsp3) is 0.786. The molecule has 0 aromatic carbocycles. The Morgan fingerprint density at radius 1 is 1.43 bits per heavy atom. The van der Waals surface area contributed by atoms with Crippen LogP contribution in [0.15, 0.2) is 5.16 Å². The van der Waals surface area contributed by atoms with E-state index in [0.717, 1.165) is 43.3 Å². The predicted octanol–water partition coefficient (Wildman–Crippen LogP) is 1.24. The molecule has 0 radical (unpaired) electrons. The van der Waals surface area contributed by atoms with Crippen LogP contribution in [0.1, 0.15) is 37.9 Å². The molecule has 1 atom stereocenters. The minimum Gasteiger partial charge on any atom is -0.348 e. The van der Waals surface area contributed by atoms with Gasteiger partial charge in [0.25, 0.3) is 0 Å². The minimum atomic E-state index is -0.0937. The van der Waals surface area contributed by atoms with Crippen molar-refractivity contribution in [3.05, 3.63) is 5.82 Å². The fourth-order valence-electron chi connectivity index (χ4n) is 2.59. The van der Waals surface area contributed by atoms with Crippen LogP contribution in [0.5, 0.6) is 0 Å². The Balaban J connectivity index is 2.10. The summed E-state index contributed by atoms with van der Waals surface area (Å²) >= 11 is 1.52. The number of carbonyl (C=O) groups excluding carboxylic acids is 1. The maximum Gasteiger partial charge on any atom is 0.235 e. The molecule has 1 fully saturated rings. The van der Waals surface area contributed by atoms with E-state index in [-0.39, 0.29) is 11.2 Å². The Hall–Kier alpha value is -1.08. The molecule has 1 aliphatic rings. The predicted molar refractivity (Wildman–Crippen MR) is 84.5 cm³/mol. The van der Waals surface area contributed by atoms with Crippen molar-refractivity contribution >= 4 is 17.7 Å². The van der Waals surface area contributed by atoms with Gasteiger partial charge in [-0.3, -0.25) is 4.79 Å². The molecule has 1 N–H and O–H groups in total. The average Bonchev–Trinajstić information content (AvgIpc) is 2.85. The molecule has 1 amide bonds. The number of amides is 1. The third kappa shape index (κ3) is 3.77. The first kappa shape index (κ1) is 16.3. The lowest BCUT2D eigenvalue weighted by Gasteiger charge is -2.22. The highest BCUT2D eigenvalue weighted by Gasteiger charge is 2.25. The van der Waals surface area contributed by atoms with Crippen LogP contribution in [0.3, 0.4) is 0 Å². The van der Waals surface area contributed by atoms with Crippen molar-refractivity contribution in [3.8, 4) is 0 Å².